The molecule has 0 atom stereocenters. The maximum absolute atomic E-state index is 4.85. The highest BCUT2D eigenvalue weighted by Crippen LogP contribution is 2.35. The summed E-state index contributed by atoms with van der Waals surface area (Å²) in [5, 5.41) is 1.25. The van der Waals surface area contributed by atoms with Gasteiger partial charge in [0.2, 0.25) is 0 Å². The van der Waals surface area contributed by atoms with Gasteiger partial charge in [0, 0.05) is 68.2 Å². The van der Waals surface area contributed by atoms with Gasteiger partial charge in [-0.15, -0.1) is 0 Å². The number of aryl methyl sites for hydroxylation is 1. The van der Waals surface area contributed by atoms with Crippen molar-refractivity contribution in [2.45, 2.75) is 19.9 Å². The van der Waals surface area contributed by atoms with E-state index < -0.39 is 0 Å². The van der Waals surface area contributed by atoms with E-state index >= 15 is 0 Å². The van der Waals surface area contributed by atoms with Crippen LogP contribution < -0.4 is 0 Å². The van der Waals surface area contributed by atoms with Gasteiger partial charge in [-0.3, -0.25) is 9.88 Å². The summed E-state index contributed by atoms with van der Waals surface area (Å²) >= 11 is 0. The number of likely N-dealkylation sites (N-methyl/N-ethyl adjacent to an activating group) is 1. The number of allylic oxidation sites excluding steroid dienone is 1. The highest BCUT2D eigenvalue weighted by molar-refractivity contribution is 5.90. The highest BCUT2D eigenvalue weighted by atomic mass is 15.2. The molecule has 1 N–H and O–H groups in total. The van der Waals surface area contributed by atoms with Crippen LogP contribution in [-0.2, 0) is 13.0 Å². The number of pyridine rings is 1. The Morgan fingerprint density at radius 3 is 2.61 bits per heavy atom. The van der Waals surface area contributed by atoms with Gasteiger partial charge in [0.15, 0.2) is 0 Å². The van der Waals surface area contributed by atoms with Crippen LogP contribution in [0.1, 0.15) is 27.9 Å². The number of H-pyrrole nitrogens is 1. The van der Waals surface area contributed by atoms with Crippen LogP contribution in [0.2, 0.25) is 0 Å². The summed E-state index contributed by atoms with van der Waals surface area (Å²) in [5.41, 5.74) is 11.4. The number of aromatic amines is 1. The molecule has 1 aliphatic carbocycles. The predicted octanol–water partition coefficient (Wildman–Crippen LogP) is 5.27. The molecular formula is C29H30N4. The van der Waals surface area contributed by atoms with Crippen molar-refractivity contribution in [3.8, 4) is 11.1 Å². The Labute approximate surface area is 195 Å². The van der Waals surface area contributed by atoms with E-state index in [1.807, 2.05) is 12.4 Å². The fourth-order valence-corrected chi connectivity index (χ4v) is 5.15. The molecule has 1 fully saturated rings. The summed E-state index contributed by atoms with van der Waals surface area (Å²) in [6.07, 6.45) is 7.26. The molecule has 0 spiro atoms. The van der Waals surface area contributed by atoms with Gasteiger partial charge in [-0.2, -0.15) is 0 Å². The van der Waals surface area contributed by atoms with Crippen LogP contribution in [0.3, 0.4) is 0 Å². The molecule has 0 radical (unpaired) electrons. The van der Waals surface area contributed by atoms with Crippen molar-refractivity contribution in [2.24, 2.45) is 0 Å². The van der Waals surface area contributed by atoms with Crippen molar-refractivity contribution >= 4 is 16.5 Å². The number of nitrogens with one attached hydrogen (secondary N) is 1. The summed E-state index contributed by atoms with van der Waals surface area (Å²) < 4.78 is 0. The van der Waals surface area contributed by atoms with E-state index in [0.717, 1.165) is 39.1 Å². The molecule has 2 aromatic carbocycles. The molecule has 1 saturated heterocycles. The van der Waals surface area contributed by atoms with Gasteiger partial charge in [0.1, 0.15) is 0 Å². The standard InChI is InChI=1S/C29H30N4/c1-20-15-21(3-4-24(20)19-33-13-11-32(2)12-14-33)25-17-27-26(6-8-29(27)31-18-25)22-5-7-28-23(16-22)9-10-30-28/h3-7,9-10,15-18,30H,8,11-14,19H2,1-2H3. The highest BCUT2D eigenvalue weighted by Gasteiger charge is 2.19. The van der Waals surface area contributed by atoms with Crippen LogP contribution in [0, 0.1) is 6.92 Å². The van der Waals surface area contributed by atoms with Gasteiger partial charge >= 0.3 is 0 Å². The number of nitrogens with zero attached hydrogens (tertiary/aromatic N) is 3. The van der Waals surface area contributed by atoms with E-state index in [2.05, 4.69) is 83.4 Å². The van der Waals surface area contributed by atoms with Gasteiger partial charge in [-0.25, -0.2) is 0 Å². The third-order valence-electron chi connectivity index (χ3n) is 7.29. The van der Waals surface area contributed by atoms with Crippen molar-refractivity contribution < 1.29 is 0 Å². The molecule has 0 bridgehead atoms. The van der Waals surface area contributed by atoms with Crippen LogP contribution in [-0.4, -0.2) is 53.0 Å². The molecular weight excluding hydrogens is 404 g/mol. The van der Waals surface area contributed by atoms with Crippen molar-refractivity contribution in [1.82, 2.24) is 19.8 Å². The number of hydrogen-bond acceptors (Lipinski definition) is 3. The summed E-state index contributed by atoms with van der Waals surface area (Å²) in [5.74, 6) is 0. The van der Waals surface area contributed by atoms with Gasteiger partial charge < -0.3 is 9.88 Å². The lowest BCUT2D eigenvalue weighted by atomic mass is 9.95. The number of aromatic nitrogens is 2. The first-order valence-electron chi connectivity index (χ1n) is 11.9. The first kappa shape index (κ1) is 20.4. The molecule has 4 heteroatoms. The van der Waals surface area contributed by atoms with Crippen molar-refractivity contribution in [3.63, 3.8) is 0 Å². The lowest BCUT2D eigenvalue weighted by Crippen LogP contribution is -2.43. The fourth-order valence-electron chi connectivity index (χ4n) is 5.15. The summed E-state index contributed by atoms with van der Waals surface area (Å²) in [7, 11) is 2.21. The van der Waals surface area contributed by atoms with E-state index in [1.54, 1.807) is 0 Å². The Morgan fingerprint density at radius 1 is 0.909 bits per heavy atom. The van der Waals surface area contributed by atoms with Gasteiger partial charge in [0.25, 0.3) is 0 Å². The second-order valence-corrected chi connectivity index (χ2v) is 9.54. The Kier molecular flexibility index (Phi) is 5.12. The lowest BCUT2D eigenvalue weighted by Gasteiger charge is -2.32. The molecule has 4 aromatic rings. The molecule has 0 saturated carbocycles. The van der Waals surface area contributed by atoms with Crippen molar-refractivity contribution in [1.29, 1.82) is 0 Å². The zero-order valence-electron chi connectivity index (χ0n) is 19.4. The predicted molar refractivity (Wildman–Crippen MR) is 136 cm³/mol. The van der Waals surface area contributed by atoms with E-state index in [1.165, 1.54) is 55.6 Å². The molecule has 2 aliphatic rings. The van der Waals surface area contributed by atoms with Crippen LogP contribution in [0.5, 0.6) is 0 Å². The van der Waals surface area contributed by atoms with Crippen molar-refractivity contribution in [2.75, 3.05) is 33.2 Å². The lowest BCUT2D eigenvalue weighted by molar-refractivity contribution is 0.148. The topological polar surface area (TPSA) is 35.2 Å². The molecule has 166 valence electrons. The Balaban J connectivity index is 1.27. The normalized spacial score (nSPS) is 16.8. The van der Waals surface area contributed by atoms with Gasteiger partial charge in [-0.05, 0) is 71.5 Å². The molecule has 4 nitrogen and oxygen atoms in total. The van der Waals surface area contributed by atoms with Gasteiger partial charge in [-0.1, -0.05) is 30.3 Å². The average molecular weight is 435 g/mol. The Hall–Kier alpha value is -3.21. The molecule has 33 heavy (non-hydrogen) atoms. The van der Waals surface area contributed by atoms with Crippen LogP contribution in [0.25, 0.3) is 27.6 Å². The van der Waals surface area contributed by atoms with Crippen LogP contribution in [0.4, 0.5) is 0 Å². The summed E-state index contributed by atoms with van der Waals surface area (Å²) in [4.78, 5) is 13.1. The molecule has 6 rings (SSSR count). The molecule has 0 unspecified atom stereocenters. The fraction of sp³-hybridized carbons (Fsp3) is 0.276. The van der Waals surface area contributed by atoms with Crippen molar-refractivity contribution in [3.05, 3.63) is 94.9 Å². The van der Waals surface area contributed by atoms with Crippen LogP contribution >= 0.6 is 0 Å². The maximum atomic E-state index is 4.85. The molecule has 3 heterocycles. The SMILES string of the molecule is Cc1cc(-c2cnc3c(c2)C(c2ccc4[nH]ccc4c2)=CC3)ccc1CN1CCN(C)CC1. The minimum Gasteiger partial charge on any atom is -0.361 e. The number of benzene rings is 2. The second kappa shape index (κ2) is 8.29. The van der Waals surface area contributed by atoms with E-state index in [-0.39, 0.29) is 0 Å². The number of fused-ring (bicyclic) bond motifs is 2. The second-order valence-electron chi connectivity index (χ2n) is 9.54. The number of rotatable bonds is 4. The minimum absolute atomic E-state index is 0.902. The first-order valence-corrected chi connectivity index (χ1v) is 11.9. The average Bonchev–Trinajstić information content (AvgIpc) is 3.47. The zero-order valence-corrected chi connectivity index (χ0v) is 19.4. The van der Waals surface area contributed by atoms with Crippen LogP contribution in [0.15, 0.2) is 67.0 Å². The Morgan fingerprint density at radius 2 is 1.76 bits per heavy atom. The monoisotopic (exact) mass is 434 g/mol. The Bertz CT molecular complexity index is 1360. The number of hydrogen-bond donors (Lipinski definition) is 1. The van der Waals surface area contributed by atoms with E-state index in [9.17, 15) is 0 Å². The zero-order chi connectivity index (χ0) is 22.4. The third-order valence-corrected chi connectivity index (χ3v) is 7.29. The van der Waals surface area contributed by atoms with Gasteiger partial charge in [0.05, 0.1) is 5.69 Å². The maximum Gasteiger partial charge on any atom is 0.0520 e. The molecule has 0 amide bonds. The largest absolute Gasteiger partial charge is 0.361 e. The first-order chi connectivity index (χ1) is 16.1. The molecule has 1 aliphatic heterocycles. The third kappa shape index (κ3) is 3.90. The summed E-state index contributed by atoms with van der Waals surface area (Å²) in [6.45, 7) is 7.89. The minimum atomic E-state index is 0.902. The smallest absolute Gasteiger partial charge is 0.0520 e. The van der Waals surface area contributed by atoms with E-state index in [4.69, 9.17) is 4.98 Å². The quantitative estimate of drug-likeness (QED) is 0.475. The summed E-state index contributed by atoms with van der Waals surface area (Å²) in [6, 6.07) is 18.0. The number of piperazine rings is 1. The van der Waals surface area contributed by atoms with E-state index in [0.29, 0.717) is 0 Å². The molecule has 2 aromatic heterocycles.